The normalized spacial score (nSPS) is 12.4. The third-order valence-electron chi connectivity index (χ3n) is 3.42. The molecule has 24 heavy (non-hydrogen) atoms. The summed E-state index contributed by atoms with van der Waals surface area (Å²) in [6.07, 6.45) is 1.54. The fourth-order valence-corrected chi connectivity index (χ4v) is 3.32. The molecule has 1 atom stereocenters. The molecule has 0 heterocycles. The molecular formula is C18H20N2O3S. The standard InChI is InChI=1S/C18H20N2O3S/c1-3-13-19-18(21)17(15-7-5-4-6-8-15)20-24(22,23)16-11-9-14(2)10-12-16/h3-12,17,20H,1,13H2,2H3,(H,19,21). The van der Waals surface area contributed by atoms with Gasteiger partial charge in [0.05, 0.1) is 4.90 Å². The highest BCUT2D eigenvalue weighted by Crippen LogP contribution is 2.18. The quantitative estimate of drug-likeness (QED) is 0.757. The lowest BCUT2D eigenvalue weighted by molar-refractivity contribution is -0.122. The maximum absolute atomic E-state index is 12.6. The van der Waals surface area contributed by atoms with Crippen molar-refractivity contribution in [3.8, 4) is 0 Å². The van der Waals surface area contributed by atoms with Crippen molar-refractivity contribution >= 4 is 15.9 Å². The molecule has 0 aliphatic heterocycles. The van der Waals surface area contributed by atoms with Gasteiger partial charge in [0.25, 0.3) is 0 Å². The summed E-state index contributed by atoms with van der Waals surface area (Å²) in [7, 11) is -3.83. The second kappa shape index (κ2) is 7.90. The Balaban J connectivity index is 2.32. The third-order valence-corrected chi connectivity index (χ3v) is 4.86. The van der Waals surface area contributed by atoms with E-state index in [0.29, 0.717) is 5.56 Å². The summed E-state index contributed by atoms with van der Waals surface area (Å²) in [5.74, 6) is -0.434. The molecule has 0 aliphatic carbocycles. The van der Waals surface area contributed by atoms with Crippen molar-refractivity contribution < 1.29 is 13.2 Å². The Labute approximate surface area is 142 Å². The van der Waals surface area contributed by atoms with Crippen LogP contribution in [-0.4, -0.2) is 20.9 Å². The molecule has 126 valence electrons. The topological polar surface area (TPSA) is 75.3 Å². The minimum absolute atomic E-state index is 0.116. The van der Waals surface area contributed by atoms with Gasteiger partial charge in [-0.1, -0.05) is 54.1 Å². The molecule has 0 radical (unpaired) electrons. The Morgan fingerprint density at radius 3 is 2.33 bits per heavy atom. The summed E-state index contributed by atoms with van der Waals surface area (Å²) >= 11 is 0. The van der Waals surface area contributed by atoms with Crippen LogP contribution in [-0.2, 0) is 14.8 Å². The molecule has 0 spiro atoms. The number of sulfonamides is 1. The van der Waals surface area contributed by atoms with Gasteiger partial charge in [0.2, 0.25) is 15.9 Å². The fraction of sp³-hybridized carbons (Fsp3) is 0.167. The molecule has 0 saturated carbocycles. The monoisotopic (exact) mass is 344 g/mol. The minimum Gasteiger partial charge on any atom is -0.351 e. The van der Waals surface area contributed by atoms with E-state index in [9.17, 15) is 13.2 Å². The van der Waals surface area contributed by atoms with Crippen molar-refractivity contribution in [3.63, 3.8) is 0 Å². The highest BCUT2D eigenvalue weighted by molar-refractivity contribution is 7.89. The van der Waals surface area contributed by atoms with Gasteiger partial charge in [-0.15, -0.1) is 6.58 Å². The number of rotatable bonds is 7. The lowest BCUT2D eigenvalue weighted by atomic mass is 10.1. The number of carbonyl (C=O) groups excluding carboxylic acids is 1. The molecule has 5 nitrogen and oxygen atoms in total. The van der Waals surface area contributed by atoms with E-state index in [0.717, 1.165) is 5.56 Å². The summed E-state index contributed by atoms with van der Waals surface area (Å²) < 4.78 is 27.7. The van der Waals surface area contributed by atoms with Crippen LogP contribution in [0.3, 0.4) is 0 Å². The molecule has 0 bridgehead atoms. The van der Waals surface area contributed by atoms with Gasteiger partial charge in [0, 0.05) is 6.54 Å². The van der Waals surface area contributed by atoms with Crippen molar-refractivity contribution in [2.45, 2.75) is 17.9 Å². The number of amides is 1. The van der Waals surface area contributed by atoms with Crippen LogP contribution in [0.5, 0.6) is 0 Å². The van der Waals surface area contributed by atoms with Crippen LogP contribution >= 0.6 is 0 Å². The van der Waals surface area contributed by atoms with Gasteiger partial charge in [-0.25, -0.2) is 8.42 Å². The van der Waals surface area contributed by atoms with Gasteiger partial charge in [0.15, 0.2) is 0 Å². The molecule has 0 saturated heterocycles. The largest absolute Gasteiger partial charge is 0.351 e. The van der Waals surface area contributed by atoms with Gasteiger partial charge in [-0.2, -0.15) is 4.72 Å². The van der Waals surface area contributed by atoms with E-state index in [1.807, 2.05) is 6.92 Å². The van der Waals surface area contributed by atoms with Crippen molar-refractivity contribution in [2.75, 3.05) is 6.54 Å². The molecule has 0 fully saturated rings. The summed E-state index contributed by atoms with van der Waals surface area (Å²) in [5, 5.41) is 2.63. The van der Waals surface area contributed by atoms with Crippen molar-refractivity contribution in [1.82, 2.24) is 10.0 Å². The van der Waals surface area contributed by atoms with Crippen molar-refractivity contribution in [2.24, 2.45) is 0 Å². The van der Waals surface area contributed by atoms with Crippen molar-refractivity contribution in [3.05, 3.63) is 78.4 Å². The van der Waals surface area contributed by atoms with E-state index in [2.05, 4.69) is 16.6 Å². The first-order valence-electron chi connectivity index (χ1n) is 7.46. The van der Waals surface area contributed by atoms with Gasteiger partial charge < -0.3 is 5.32 Å². The maximum atomic E-state index is 12.6. The average molecular weight is 344 g/mol. The summed E-state index contributed by atoms with van der Waals surface area (Å²) in [4.78, 5) is 12.5. The third kappa shape index (κ3) is 4.53. The highest BCUT2D eigenvalue weighted by Gasteiger charge is 2.26. The molecule has 0 aromatic heterocycles. The second-order valence-electron chi connectivity index (χ2n) is 5.31. The molecule has 1 amide bonds. The molecule has 0 aliphatic rings. The molecule has 6 heteroatoms. The van der Waals surface area contributed by atoms with E-state index in [4.69, 9.17) is 0 Å². The highest BCUT2D eigenvalue weighted by atomic mass is 32.2. The van der Waals surface area contributed by atoms with Crippen LogP contribution in [0.25, 0.3) is 0 Å². The zero-order valence-electron chi connectivity index (χ0n) is 13.4. The zero-order valence-corrected chi connectivity index (χ0v) is 14.2. The van der Waals surface area contributed by atoms with Crippen LogP contribution in [0.2, 0.25) is 0 Å². The number of carbonyl (C=O) groups is 1. The molecule has 1 unspecified atom stereocenters. The van der Waals surface area contributed by atoms with Gasteiger partial charge in [-0.3, -0.25) is 4.79 Å². The van der Waals surface area contributed by atoms with E-state index in [-0.39, 0.29) is 11.4 Å². The summed E-state index contributed by atoms with van der Waals surface area (Å²) in [6, 6.07) is 14.2. The SMILES string of the molecule is C=CCNC(=O)C(NS(=O)(=O)c1ccc(C)cc1)c1ccccc1. The molecule has 2 N–H and O–H groups in total. The predicted molar refractivity (Wildman–Crippen MR) is 93.9 cm³/mol. The van der Waals surface area contributed by atoms with Crippen LogP contribution in [0.15, 0.2) is 72.1 Å². The van der Waals surface area contributed by atoms with E-state index >= 15 is 0 Å². The Kier molecular flexibility index (Phi) is 5.89. The van der Waals surface area contributed by atoms with Gasteiger partial charge in [0.1, 0.15) is 6.04 Å². The molecule has 2 aromatic carbocycles. The van der Waals surface area contributed by atoms with Crippen LogP contribution in [0, 0.1) is 6.92 Å². The predicted octanol–water partition coefficient (Wildman–Crippen LogP) is 2.32. The average Bonchev–Trinajstić information content (AvgIpc) is 2.59. The molecule has 2 rings (SSSR count). The molecule has 2 aromatic rings. The lowest BCUT2D eigenvalue weighted by Gasteiger charge is -2.18. The minimum atomic E-state index is -3.83. The number of nitrogens with one attached hydrogen (secondary N) is 2. The Hall–Kier alpha value is -2.44. The summed E-state index contributed by atoms with van der Waals surface area (Å²) in [5.41, 5.74) is 1.52. The van der Waals surface area contributed by atoms with E-state index in [1.165, 1.54) is 18.2 Å². The van der Waals surface area contributed by atoms with Crippen LogP contribution in [0.4, 0.5) is 0 Å². The Morgan fingerprint density at radius 1 is 1.12 bits per heavy atom. The van der Waals surface area contributed by atoms with E-state index < -0.39 is 22.0 Å². The maximum Gasteiger partial charge on any atom is 0.242 e. The number of benzene rings is 2. The number of aryl methyl sites for hydroxylation is 1. The van der Waals surface area contributed by atoms with E-state index in [1.54, 1.807) is 42.5 Å². The Bertz CT molecular complexity index is 800. The van der Waals surface area contributed by atoms with Crippen LogP contribution < -0.4 is 10.0 Å². The van der Waals surface area contributed by atoms with Gasteiger partial charge in [-0.05, 0) is 24.6 Å². The smallest absolute Gasteiger partial charge is 0.242 e. The summed E-state index contributed by atoms with van der Waals surface area (Å²) in [6.45, 7) is 5.67. The fourth-order valence-electron chi connectivity index (χ4n) is 2.13. The lowest BCUT2D eigenvalue weighted by Crippen LogP contribution is -2.40. The van der Waals surface area contributed by atoms with Crippen LogP contribution in [0.1, 0.15) is 17.2 Å². The molecular weight excluding hydrogens is 324 g/mol. The second-order valence-corrected chi connectivity index (χ2v) is 7.03. The first-order valence-corrected chi connectivity index (χ1v) is 8.95. The Morgan fingerprint density at radius 2 is 1.75 bits per heavy atom. The number of hydrogen-bond donors (Lipinski definition) is 2. The number of hydrogen-bond acceptors (Lipinski definition) is 3. The zero-order chi connectivity index (χ0) is 17.6. The first kappa shape index (κ1) is 17.9. The first-order chi connectivity index (χ1) is 11.4. The van der Waals surface area contributed by atoms with Gasteiger partial charge >= 0.3 is 0 Å². The van der Waals surface area contributed by atoms with Crippen molar-refractivity contribution in [1.29, 1.82) is 0 Å².